The molecule has 0 saturated heterocycles. The Labute approximate surface area is 129 Å². The molecule has 0 spiro atoms. The number of nitrogens with one attached hydrogen (secondary N) is 1. The first-order valence-corrected chi connectivity index (χ1v) is 8.59. The molecule has 2 aliphatic carbocycles. The molecule has 21 heavy (non-hydrogen) atoms. The normalized spacial score (nSPS) is 22.8. The number of rotatable bonds is 8. The molecule has 1 N–H and O–H groups in total. The zero-order chi connectivity index (χ0) is 15.3. The molecule has 1 unspecified atom stereocenters. The van der Waals surface area contributed by atoms with Gasteiger partial charge in [-0.1, -0.05) is 19.3 Å². The van der Waals surface area contributed by atoms with Crippen molar-refractivity contribution in [1.29, 1.82) is 0 Å². The van der Waals surface area contributed by atoms with Crippen molar-refractivity contribution in [2.75, 3.05) is 27.3 Å². The molecule has 0 heterocycles. The molecule has 1 amide bonds. The lowest BCUT2D eigenvalue weighted by molar-refractivity contribution is -0.136. The highest BCUT2D eigenvalue weighted by Crippen LogP contribution is 2.36. The lowest BCUT2D eigenvalue weighted by atomic mass is 9.79. The molecule has 4 heteroatoms. The third-order valence-electron chi connectivity index (χ3n) is 5.48. The standard InChI is InChI=1S/C17H32N2O2/c1-14(15-7-8-15)19(11-12-21-3)16(20)13-17(18-2)9-5-4-6-10-17/h14-15,18H,4-13H2,1-3H3. The van der Waals surface area contributed by atoms with E-state index in [0.717, 1.165) is 19.4 Å². The summed E-state index contributed by atoms with van der Waals surface area (Å²) in [4.78, 5) is 15.0. The Balaban J connectivity index is 1.98. The maximum absolute atomic E-state index is 12.9. The number of amides is 1. The summed E-state index contributed by atoms with van der Waals surface area (Å²) in [6, 6.07) is 0.366. The van der Waals surface area contributed by atoms with Crippen LogP contribution in [-0.2, 0) is 9.53 Å². The highest BCUT2D eigenvalue weighted by atomic mass is 16.5. The van der Waals surface area contributed by atoms with E-state index >= 15 is 0 Å². The molecule has 2 rings (SSSR count). The van der Waals surface area contributed by atoms with Crippen LogP contribution in [0.25, 0.3) is 0 Å². The van der Waals surface area contributed by atoms with Crippen molar-refractivity contribution < 1.29 is 9.53 Å². The molecular formula is C17H32N2O2. The van der Waals surface area contributed by atoms with E-state index in [4.69, 9.17) is 4.74 Å². The number of hydrogen-bond donors (Lipinski definition) is 1. The molecule has 0 aliphatic heterocycles. The van der Waals surface area contributed by atoms with Crippen LogP contribution in [0.3, 0.4) is 0 Å². The first-order chi connectivity index (χ1) is 10.1. The van der Waals surface area contributed by atoms with Crippen molar-refractivity contribution in [3.05, 3.63) is 0 Å². The Morgan fingerprint density at radius 2 is 2.00 bits per heavy atom. The van der Waals surface area contributed by atoms with Gasteiger partial charge in [0.25, 0.3) is 0 Å². The van der Waals surface area contributed by atoms with Crippen molar-refractivity contribution in [2.45, 2.75) is 69.9 Å². The van der Waals surface area contributed by atoms with Gasteiger partial charge in [0.2, 0.25) is 5.91 Å². The average Bonchev–Trinajstić information content (AvgIpc) is 3.33. The van der Waals surface area contributed by atoms with Crippen molar-refractivity contribution in [3.8, 4) is 0 Å². The highest BCUT2D eigenvalue weighted by molar-refractivity contribution is 5.78. The van der Waals surface area contributed by atoms with E-state index in [9.17, 15) is 4.79 Å². The molecule has 0 aromatic rings. The van der Waals surface area contributed by atoms with Gasteiger partial charge in [0.1, 0.15) is 0 Å². The molecule has 2 saturated carbocycles. The molecule has 0 aromatic carbocycles. The van der Waals surface area contributed by atoms with Gasteiger partial charge in [0.15, 0.2) is 0 Å². The Morgan fingerprint density at radius 1 is 1.33 bits per heavy atom. The van der Waals surface area contributed by atoms with E-state index in [1.54, 1.807) is 7.11 Å². The molecule has 2 fully saturated rings. The highest BCUT2D eigenvalue weighted by Gasteiger charge is 2.38. The van der Waals surface area contributed by atoms with Crippen LogP contribution >= 0.6 is 0 Å². The third kappa shape index (κ3) is 4.43. The van der Waals surface area contributed by atoms with Crippen LogP contribution in [0.2, 0.25) is 0 Å². The molecule has 0 aromatic heterocycles. The van der Waals surface area contributed by atoms with Gasteiger partial charge in [-0.25, -0.2) is 0 Å². The smallest absolute Gasteiger partial charge is 0.224 e. The van der Waals surface area contributed by atoms with E-state index in [-0.39, 0.29) is 5.54 Å². The summed E-state index contributed by atoms with van der Waals surface area (Å²) >= 11 is 0. The Kier molecular flexibility index (Phi) is 6.06. The van der Waals surface area contributed by atoms with E-state index in [1.165, 1.54) is 32.1 Å². The number of ether oxygens (including phenoxy) is 1. The van der Waals surface area contributed by atoms with Crippen molar-refractivity contribution in [2.24, 2.45) is 5.92 Å². The number of methoxy groups -OCH3 is 1. The monoisotopic (exact) mass is 296 g/mol. The van der Waals surface area contributed by atoms with Crippen LogP contribution in [0.4, 0.5) is 0 Å². The maximum Gasteiger partial charge on any atom is 0.224 e. The summed E-state index contributed by atoms with van der Waals surface area (Å²) < 4.78 is 5.20. The van der Waals surface area contributed by atoms with Gasteiger partial charge in [-0.05, 0) is 45.6 Å². The van der Waals surface area contributed by atoms with Gasteiger partial charge in [0, 0.05) is 31.7 Å². The fraction of sp³-hybridized carbons (Fsp3) is 0.941. The quantitative estimate of drug-likeness (QED) is 0.748. The molecule has 4 nitrogen and oxygen atoms in total. The SMILES string of the molecule is CNC1(CC(=O)N(CCOC)C(C)C2CC2)CCCCC1. The molecule has 1 atom stereocenters. The van der Waals surface area contributed by atoms with Crippen molar-refractivity contribution in [1.82, 2.24) is 10.2 Å². The minimum atomic E-state index is 0.0317. The van der Waals surface area contributed by atoms with Crippen LogP contribution in [0.15, 0.2) is 0 Å². The minimum absolute atomic E-state index is 0.0317. The van der Waals surface area contributed by atoms with Crippen LogP contribution in [0, 0.1) is 5.92 Å². The van der Waals surface area contributed by atoms with E-state index in [0.29, 0.717) is 30.9 Å². The first kappa shape index (κ1) is 16.8. The molecule has 2 aliphatic rings. The van der Waals surface area contributed by atoms with Gasteiger partial charge in [-0.15, -0.1) is 0 Å². The van der Waals surface area contributed by atoms with Gasteiger partial charge in [-0.3, -0.25) is 4.79 Å². The van der Waals surface area contributed by atoms with E-state index in [2.05, 4.69) is 17.1 Å². The lowest BCUT2D eigenvalue weighted by Crippen LogP contribution is -2.51. The average molecular weight is 296 g/mol. The number of hydrogen-bond acceptors (Lipinski definition) is 3. The second kappa shape index (κ2) is 7.59. The lowest BCUT2D eigenvalue weighted by Gasteiger charge is -2.39. The van der Waals surface area contributed by atoms with E-state index < -0.39 is 0 Å². The summed E-state index contributed by atoms with van der Waals surface area (Å²) in [7, 11) is 3.73. The fourth-order valence-corrected chi connectivity index (χ4v) is 3.71. The molecule has 122 valence electrons. The summed E-state index contributed by atoms with van der Waals surface area (Å²) in [6.07, 6.45) is 9.24. The minimum Gasteiger partial charge on any atom is -0.383 e. The third-order valence-corrected chi connectivity index (χ3v) is 5.48. The predicted octanol–water partition coefficient (Wildman–Crippen LogP) is 2.57. The Bertz CT molecular complexity index is 336. The van der Waals surface area contributed by atoms with Crippen molar-refractivity contribution >= 4 is 5.91 Å². The Morgan fingerprint density at radius 3 is 2.52 bits per heavy atom. The van der Waals surface area contributed by atoms with Gasteiger partial charge < -0.3 is 15.0 Å². The summed E-state index contributed by atoms with van der Waals surface area (Å²) in [6.45, 7) is 3.57. The van der Waals surface area contributed by atoms with Crippen LogP contribution < -0.4 is 5.32 Å². The van der Waals surface area contributed by atoms with Crippen LogP contribution in [0.5, 0.6) is 0 Å². The van der Waals surface area contributed by atoms with Gasteiger partial charge >= 0.3 is 0 Å². The maximum atomic E-state index is 12.9. The van der Waals surface area contributed by atoms with Crippen LogP contribution in [-0.4, -0.2) is 49.7 Å². The van der Waals surface area contributed by atoms with Gasteiger partial charge in [0.05, 0.1) is 6.61 Å². The number of nitrogens with zero attached hydrogens (tertiary/aromatic N) is 1. The van der Waals surface area contributed by atoms with E-state index in [1.807, 2.05) is 7.05 Å². The van der Waals surface area contributed by atoms with Gasteiger partial charge in [-0.2, -0.15) is 0 Å². The van der Waals surface area contributed by atoms with Crippen LogP contribution in [0.1, 0.15) is 58.3 Å². The number of carbonyl (C=O) groups is 1. The Hall–Kier alpha value is -0.610. The summed E-state index contributed by atoms with van der Waals surface area (Å²) in [5, 5.41) is 3.46. The largest absolute Gasteiger partial charge is 0.383 e. The predicted molar refractivity (Wildman–Crippen MR) is 85.3 cm³/mol. The summed E-state index contributed by atoms with van der Waals surface area (Å²) in [5.41, 5.74) is 0.0317. The molecule has 0 bridgehead atoms. The number of carbonyl (C=O) groups excluding carboxylic acids is 1. The molecule has 0 radical (unpaired) electrons. The van der Waals surface area contributed by atoms with Crippen molar-refractivity contribution in [3.63, 3.8) is 0 Å². The first-order valence-electron chi connectivity index (χ1n) is 8.59. The second-order valence-corrected chi connectivity index (χ2v) is 6.93. The zero-order valence-corrected chi connectivity index (χ0v) is 14.0. The molecular weight excluding hydrogens is 264 g/mol. The zero-order valence-electron chi connectivity index (χ0n) is 14.0. The summed E-state index contributed by atoms with van der Waals surface area (Å²) in [5.74, 6) is 1.02. The topological polar surface area (TPSA) is 41.6 Å². The second-order valence-electron chi connectivity index (χ2n) is 6.93. The fourth-order valence-electron chi connectivity index (χ4n) is 3.71.